The Hall–Kier alpha value is 0.0300. The van der Waals surface area contributed by atoms with Gasteiger partial charge in [0.2, 0.25) is 0 Å². The SMILES string of the molecule is CC(C)(C)N1CCCCC1.CC(C)(C)N1CCCCC1.CC(C)(C)N1CCCCC1.CC(C)(C)N1CCCNCC1.CC(C)(C)N1CCCOCC1.CC(C)(C)N1CCCSCC1. The fraction of sp³-hybridized carbons (Fsp3) is 1.00. The highest BCUT2D eigenvalue weighted by Gasteiger charge is 2.26. The van der Waals surface area contributed by atoms with Gasteiger partial charge in [-0.05, 0) is 247 Å². The maximum absolute atomic E-state index is 5.38. The van der Waals surface area contributed by atoms with E-state index in [0.29, 0.717) is 33.2 Å². The van der Waals surface area contributed by atoms with E-state index >= 15 is 0 Å². The topological polar surface area (TPSA) is 40.7 Å². The van der Waals surface area contributed by atoms with E-state index in [1.165, 1.54) is 167 Å². The molecule has 6 aliphatic rings. The van der Waals surface area contributed by atoms with Crippen LogP contribution in [-0.4, -0.2) is 179 Å². The number of ether oxygens (including phenoxy) is 1. The minimum atomic E-state index is 0.313. The molecule has 0 atom stereocenters. The van der Waals surface area contributed by atoms with Crippen LogP contribution in [0.3, 0.4) is 0 Å². The van der Waals surface area contributed by atoms with Crippen molar-refractivity contribution in [1.82, 2.24) is 34.7 Å². The number of hydrogen-bond acceptors (Lipinski definition) is 9. The van der Waals surface area contributed by atoms with Crippen molar-refractivity contribution in [2.45, 2.75) is 235 Å². The molecule has 8 nitrogen and oxygen atoms in total. The van der Waals surface area contributed by atoms with Gasteiger partial charge in [-0.15, -0.1) is 0 Å². The van der Waals surface area contributed by atoms with E-state index in [0.717, 1.165) is 26.3 Å². The summed E-state index contributed by atoms with van der Waals surface area (Å²) in [6.07, 6.45) is 16.5. The Morgan fingerprint density at radius 3 is 0.984 bits per heavy atom. The third-order valence-electron chi connectivity index (χ3n) is 13.5. The van der Waals surface area contributed by atoms with Crippen molar-refractivity contribution < 1.29 is 4.74 Å². The monoisotopic (exact) mass is 910 g/mol. The molecule has 0 unspecified atom stereocenters. The summed E-state index contributed by atoms with van der Waals surface area (Å²) >= 11 is 2.09. The lowest BCUT2D eigenvalue weighted by molar-refractivity contribution is 0.110. The van der Waals surface area contributed by atoms with Crippen LogP contribution in [-0.2, 0) is 4.74 Å². The first-order valence-corrected chi connectivity index (χ1v) is 27.7. The summed E-state index contributed by atoms with van der Waals surface area (Å²) in [7, 11) is 0. The third-order valence-corrected chi connectivity index (χ3v) is 14.6. The molecule has 6 rings (SSSR count). The molecule has 6 heterocycles. The Bertz CT molecular complexity index is 930. The largest absolute Gasteiger partial charge is 0.380 e. The number of piperidine rings is 3. The molecule has 0 aromatic carbocycles. The average molecular weight is 911 g/mol. The zero-order valence-electron chi connectivity index (χ0n) is 46.2. The van der Waals surface area contributed by atoms with Crippen LogP contribution in [0.5, 0.6) is 0 Å². The van der Waals surface area contributed by atoms with Gasteiger partial charge in [-0.1, -0.05) is 19.3 Å². The molecule has 0 saturated carbocycles. The minimum absolute atomic E-state index is 0.313. The van der Waals surface area contributed by atoms with E-state index in [4.69, 9.17) is 4.74 Å². The normalized spacial score (nSPS) is 23.1. The first-order chi connectivity index (χ1) is 29.1. The van der Waals surface area contributed by atoms with Gasteiger partial charge in [0.1, 0.15) is 0 Å². The lowest BCUT2D eigenvalue weighted by atomic mass is 10.0. The van der Waals surface area contributed by atoms with E-state index in [-0.39, 0.29) is 0 Å². The van der Waals surface area contributed by atoms with Gasteiger partial charge in [0.05, 0.1) is 6.61 Å². The van der Waals surface area contributed by atoms with Crippen LogP contribution in [0.4, 0.5) is 0 Å². The Morgan fingerprint density at radius 2 is 0.603 bits per heavy atom. The van der Waals surface area contributed by atoms with Crippen LogP contribution in [0, 0.1) is 0 Å². The minimum Gasteiger partial charge on any atom is -0.380 e. The van der Waals surface area contributed by atoms with Crippen LogP contribution in [0.25, 0.3) is 0 Å². The van der Waals surface area contributed by atoms with Crippen LogP contribution in [0.15, 0.2) is 0 Å². The summed E-state index contributed by atoms with van der Waals surface area (Å²) in [5.41, 5.74) is 2.26. The van der Waals surface area contributed by atoms with Crippen LogP contribution < -0.4 is 5.32 Å². The summed E-state index contributed by atoms with van der Waals surface area (Å²) in [5.74, 6) is 2.67. The highest BCUT2D eigenvalue weighted by atomic mass is 32.2. The number of rotatable bonds is 0. The molecule has 0 spiro atoms. The van der Waals surface area contributed by atoms with Crippen molar-refractivity contribution >= 4 is 11.8 Å². The second-order valence-electron chi connectivity index (χ2n) is 25.2. The smallest absolute Gasteiger partial charge is 0.0593 e. The van der Waals surface area contributed by atoms with E-state index in [9.17, 15) is 0 Å². The fourth-order valence-electron chi connectivity index (χ4n) is 9.04. The molecule has 63 heavy (non-hydrogen) atoms. The van der Waals surface area contributed by atoms with Gasteiger partial charge >= 0.3 is 0 Å². The predicted molar refractivity (Wildman–Crippen MR) is 284 cm³/mol. The van der Waals surface area contributed by atoms with Crippen LogP contribution in [0.2, 0.25) is 0 Å². The Labute approximate surface area is 400 Å². The van der Waals surface area contributed by atoms with E-state index in [1.54, 1.807) is 0 Å². The molecule has 6 saturated heterocycles. The molecule has 1 N–H and O–H groups in total. The summed E-state index contributed by atoms with van der Waals surface area (Å²) in [6, 6.07) is 0. The molecule has 9 heteroatoms. The van der Waals surface area contributed by atoms with Gasteiger partial charge in [0.15, 0.2) is 0 Å². The Balaban J connectivity index is 0.000000378. The van der Waals surface area contributed by atoms with E-state index in [2.05, 4.69) is 171 Å². The molecule has 378 valence electrons. The van der Waals surface area contributed by atoms with Gasteiger partial charge in [-0.3, -0.25) is 29.4 Å². The van der Waals surface area contributed by atoms with Gasteiger partial charge in [-0.2, -0.15) is 11.8 Å². The number of hydrogen-bond donors (Lipinski definition) is 1. The summed E-state index contributed by atoms with van der Waals surface area (Å²) in [6.45, 7) is 60.6. The van der Waals surface area contributed by atoms with Crippen molar-refractivity contribution in [2.75, 3.05) is 116 Å². The van der Waals surface area contributed by atoms with Gasteiger partial charge in [-0.25, -0.2) is 0 Å². The molecule has 0 bridgehead atoms. The maximum atomic E-state index is 5.38. The molecule has 0 aromatic heterocycles. The highest BCUT2D eigenvalue weighted by molar-refractivity contribution is 7.99. The first-order valence-electron chi connectivity index (χ1n) is 26.5. The van der Waals surface area contributed by atoms with E-state index < -0.39 is 0 Å². The maximum Gasteiger partial charge on any atom is 0.0593 e. The zero-order valence-corrected chi connectivity index (χ0v) is 47.0. The quantitative estimate of drug-likeness (QED) is 0.256. The molecule has 0 aliphatic carbocycles. The van der Waals surface area contributed by atoms with Gasteiger partial charge < -0.3 is 10.1 Å². The molecular weight excluding hydrogens is 795 g/mol. The molecule has 6 aliphatic heterocycles. The van der Waals surface area contributed by atoms with Gasteiger partial charge in [0, 0.05) is 78.3 Å². The summed E-state index contributed by atoms with van der Waals surface area (Å²) < 4.78 is 5.38. The molecular formula is C54H115N7OS. The number of nitrogens with one attached hydrogen (secondary N) is 1. The average Bonchev–Trinajstić information content (AvgIpc) is 3.78. The third kappa shape index (κ3) is 29.5. The van der Waals surface area contributed by atoms with Crippen molar-refractivity contribution in [3.63, 3.8) is 0 Å². The van der Waals surface area contributed by atoms with Crippen LogP contribution in [0.1, 0.15) is 202 Å². The van der Waals surface area contributed by atoms with E-state index in [1.807, 2.05) is 0 Å². The fourth-order valence-corrected chi connectivity index (χ4v) is 9.93. The van der Waals surface area contributed by atoms with Gasteiger partial charge in [0.25, 0.3) is 0 Å². The highest BCUT2D eigenvalue weighted by Crippen LogP contribution is 2.22. The molecule has 0 amide bonds. The number of likely N-dealkylation sites (tertiary alicyclic amines) is 3. The Morgan fingerprint density at radius 1 is 0.286 bits per heavy atom. The van der Waals surface area contributed by atoms with Crippen molar-refractivity contribution in [1.29, 1.82) is 0 Å². The molecule has 0 aromatic rings. The second-order valence-corrected chi connectivity index (χ2v) is 26.4. The zero-order chi connectivity index (χ0) is 47.8. The predicted octanol–water partition coefficient (Wildman–Crippen LogP) is 11.6. The van der Waals surface area contributed by atoms with Crippen molar-refractivity contribution in [2.24, 2.45) is 0 Å². The number of nitrogens with zero attached hydrogens (tertiary/aromatic N) is 6. The summed E-state index contributed by atoms with van der Waals surface area (Å²) in [4.78, 5) is 15.4. The lowest BCUT2D eigenvalue weighted by Gasteiger charge is -2.38. The Kier molecular flexibility index (Phi) is 29.6. The molecule has 6 fully saturated rings. The standard InChI is InChI=1S/C9H20N2.C9H19NO.C9H19NS.3C9H19N/c1-9(2,3)11-7-4-5-10-6-8-11;2*1-9(2,3)10-5-4-7-11-8-6-10;3*1-9(2,3)10-7-5-4-6-8-10/h10H,4-8H2,1-3H3;2*4-8H2,1-3H3;3*4-8H2,1-3H3. The number of thioether (sulfide) groups is 1. The molecule has 0 radical (unpaired) electrons. The second kappa shape index (κ2) is 30.5. The summed E-state index contributed by atoms with van der Waals surface area (Å²) in [5, 5.41) is 3.41. The van der Waals surface area contributed by atoms with Crippen molar-refractivity contribution in [3.05, 3.63) is 0 Å². The van der Waals surface area contributed by atoms with Crippen molar-refractivity contribution in [3.8, 4) is 0 Å². The lowest BCUT2D eigenvalue weighted by Crippen LogP contribution is -2.44. The first kappa shape index (κ1) is 61.0. The van der Waals surface area contributed by atoms with Crippen LogP contribution >= 0.6 is 11.8 Å².